The number of thiol groups is 2. The van der Waals surface area contributed by atoms with E-state index in [1.165, 1.54) is 12.2 Å². The standard InChI is InChI=1S/C9H14N2O2S2/c1-2-3-7(14)9(11-6-13)8(15)4-10-5-12/h7-9,14-15H,2-4H2,1H3. The molecule has 0 bridgehead atoms. The number of hydrogen-bond acceptors (Lipinski definition) is 6. The summed E-state index contributed by atoms with van der Waals surface area (Å²) in [5.74, 6) is 0. The summed E-state index contributed by atoms with van der Waals surface area (Å²) >= 11 is 8.57. The van der Waals surface area contributed by atoms with Crippen LogP contribution >= 0.6 is 25.3 Å². The Morgan fingerprint density at radius 3 is 2.33 bits per heavy atom. The maximum Gasteiger partial charge on any atom is 0.235 e. The van der Waals surface area contributed by atoms with Gasteiger partial charge < -0.3 is 0 Å². The predicted octanol–water partition coefficient (Wildman–Crippen LogP) is 1.42. The fraction of sp³-hybridized carbons (Fsp3) is 0.778. The molecule has 3 unspecified atom stereocenters. The molecule has 0 aliphatic heterocycles. The van der Waals surface area contributed by atoms with E-state index >= 15 is 0 Å². The molecule has 0 saturated carbocycles. The van der Waals surface area contributed by atoms with Gasteiger partial charge in [-0.3, -0.25) is 0 Å². The van der Waals surface area contributed by atoms with Gasteiger partial charge in [0.05, 0.1) is 12.6 Å². The van der Waals surface area contributed by atoms with Gasteiger partial charge in [-0.25, -0.2) is 19.6 Å². The van der Waals surface area contributed by atoms with Gasteiger partial charge in [0.2, 0.25) is 12.2 Å². The zero-order valence-electron chi connectivity index (χ0n) is 8.46. The third-order valence-electron chi connectivity index (χ3n) is 1.92. The minimum absolute atomic E-state index is 0.0687. The number of rotatable bonds is 7. The summed E-state index contributed by atoms with van der Waals surface area (Å²) in [5.41, 5.74) is 0. The molecule has 0 fully saturated rings. The molecule has 0 aromatic heterocycles. The minimum Gasteiger partial charge on any atom is -0.211 e. The molecule has 6 heteroatoms. The Labute approximate surface area is 100 Å². The molecule has 4 nitrogen and oxygen atoms in total. The molecule has 3 atom stereocenters. The van der Waals surface area contributed by atoms with E-state index in [-0.39, 0.29) is 23.1 Å². The topological polar surface area (TPSA) is 58.9 Å². The largest absolute Gasteiger partial charge is 0.235 e. The molecule has 0 spiro atoms. The van der Waals surface area contributed by atoms with Crippen LogP contribution in [0.1, 0.15) is 19.8 Å². The number of carbonyl (C=O) groups excluding carboxylic acids is 2. The maximum absolute atomic E-state index is 10.2. The lowest BCUT2D eigenvalue weighted by Crippen LogP contribution is -2.31. The van der Waals surface area contributed by atoms with Gasteiger partial charge in [-0.05, 0) is 6.42 Å². The smallest absolute Gasteiger partial charge is 0.211 e. The molecule has 0 saturated heterocycles. The van der Waals surface area contributed by atoms with E-state index in [0.29, 0.717) is 0 Å². The Bertz CT molecular complexity index is 273. The molecule has 0 heterocycles. The van der Waals surface area contributed by atoms with Crippen LogP contribution in [0.15, 0.2) is 9.98 Å². The van der Waals surface area contributed by atoms with Gasteiger partial charge in [-0.15, -0.1) is 0 Å². The van der Waals surface area contributed by atoms with E-state index in [1.807, 2.05) is 6.92 Å². The van der Waals surface area contributed by atoms with Crippen LogP contribution in [0.5, 0.6) is 0 Å². The van der Waals surface area contributed by atoms with Crippen LogP contribution in [0.25, 0.3) is 0 Å². The van der Waals surface area contributed by atoms with Crippen LogP contribution in [0.4, 0.5) is 0 Å². The normalized spacial score (nSPS) is 15.7. The quantitative estimate of drug-likeness (QED) is 0.405. The Balaban J connectivity index is 4.48. The van der Waals surface area contributed by atoms with Gasteiger partial charge >= 0.3 is 0 Å². The van der Waals surface area contributed by atoms with Crippen molar-refractivity contribution in [3.63, 3.8) is 0 Å². The van der Waals surface area contributed by atoms with Crippen LogP contribution in [0, 0.1) is 0 Å². The number of aliphatic imine (C=N–C) groups is 2. The van der Waals surface area contributed by atoms with Crippen molar-refractivity contribution >= 4 is 37.4 Å². The van der Waals surface area contributed by atoms with Crippen LogP contribution in [0.2, 0.25) is 0 Å². The van der Waals surface area contributed by atoms with Gasteiger partial charge in [0.15, 0.2) is 0 Å². The first-order chi connectivity index (χ1) is 7.17. The lowest BCUT2D eigenvalue weighted by Gasteiger charge is -2.21. The number of hydrogen-bond donors (Lipinski definition) is 2. The maximum atomic E-state index is 10.2. The molecule has 84 valence electrons. The molecule has 0 amide bonds. The van der Waals surface area contributed by atoms with Gasteiger partial charge in [0.1, 0.15) is 0 Å². The summed E-state index contributed by atoms with van der Waals surface area (Å²) in [7, 11) is 0. The number of isocyanates is 2. The van der Waals surface area contributed by atoms with Crippen molar-refractivity contribution in [2.45, 2.75) is 36.3 Å². The fourth-order valence-electron chi connectivity index (χ4n) is 1.19. The van der Waals surface area contributed by atoms with Crippen molar-refractivity contribution in [2.75, 3.05) is 6.54 Å². The Hall–Kier alpha value is -0.540. The van der Waals surface area contributed by atoms with Crippen LogP contribution in [-0.2, 0) is 9.59 Å². The summed E-state index contributed by atoms with van der Waals surface area (Å²) in [6.07, 6.45) is 4.69. The van der Waals surface area contributed by atoms with Gasteiger partial charge in [0, 0.05) is 10.5 Å². The van der Waals surface area contributed by atoms with E-state index in [1.54, 1.807) is 0 Å². The average molecular weight is 246 g/mol. The summed E-state index contributed by atoms with van der Waals surface area (Å²) in [4.78, 5) is 27.2. The molecule has 0 aliphatic carbocycles. The summed E-state index contributed by atoms with van der Waals surface area (Å²) < 4.78 is 0. The fourth-order valence-corrected chi connectivity index (χ4v) is 2.22. The number of nitrogens with zero attached hydrogens (tertiary/aromatic N) is 2. The van der Waals surface area contributed by atoms with Crippen molar-refractivity contribution in [3.05, 3.63) is 0 Å². The lowest BCUT2D eigenvalue weighted by molar-refractivity contribution is 0.538. The van der Waals surface area contributed by atoms with E-state index in [4.69, 9.17) is 0 Å². The Morgan fingerprint density at radius 1 is 1.20 bits per heavy atom. The predicted molar refractivity (Wildman–Crippen MR) is 65.4 cm³/mol. The molecule has 0 aromatic rings. The lowest BCUT2D eigenvalue weighted by atomic mass is 10.1. The Kier molecular flexibility index (Phi) is 8.43. The highest BCUT2D eigenvalue weighted by Gasteiger charge is 2.24. The molecule has 0 aliphatic rings. The summed E-state index contributed by atoms with van der Waals surface area (Å²) in [6, 6.07) is -0.369. The van der Waals surface area contributed by atoms with Crippen LogP contribution in [0.3, 0.4) is 0 Å². The van der Waals surface area contributed by atoms with Crippen molar-refractivity contribution in [3.8, 4) is 0 Å². The van der Waals surface area contributed by atoms with Gasteiger partial charge in [-0.2, -0.15) is 25.3 Å². The summed E-state index contributed by atoms with van der Waals surface area (Å²) in [6.45, 7) is 2.20. The first-order valence-corrected chi connectivity index (χ1v) is 5.67. The van der Waals surface area contributed by atoms with Crippen molar-refractivity contribution < 1.29 is 9.59 Å². The second-order valence-corrected chi connectivity index (χ2v) is 4.39. The van der Waals surface area contributed by atoms with Gasteiger partial charge in [-0.1, -0.05) is 13.3 Å². The molecular formula is C9H14N2O2S2. The minimum atomic E-state index is -0.369. The highest BCUT2D eigenvalue weighted by molar-refractivity contribution is 7.82. The van der Waals surface area contributed by atoms with Gasteiger partial charge in [0.25, 0.3) is 0 Å². The van der Waals surface area contributed by atoms with E-state index in [2.05, 4.69) is 35.2 Å². The third kappa shape index (κ3) is 5.80. The van der Waals surface area contributed by atoms with Crippen molar-refractivity contribution in [1.29, 1.82) is 0 Å². The molecular weight excluding hydrogens is 232 g/mol. The second-order valence-electron chi connectivity index (χ2n) is 3.07. The molecule has 0 radical (unpaired) electrons. The summed E-state index contributed by atoms with van der Waals surface area (Å²) in [5, 5.41) is -0.372. The molecule has 15 heavy (non-hydrogen) atoms. The SMILES string of the molecule is CCCC(S)C(N=C=O)C(S)CN=C=O. The first-order valence-electron chi connectivity index (χ1n) is 4.64. The Morgan fingerprint density at radius 2 is 1.87 bits per heavy atom. The van der Waals surface area contributed by atoms with E-state index in [9.17, 15) is 9.59 Å². The zero-order chi connectivity index (χ0) is 11.7. The monoisotopic (exact) mass is 246 g/mol. The average Bonchev–Trinajstić information content (AvgIpc) is 2.22. The van der Waals surface area contributed by atoms with Crippen LogP contribution < -0.4 is 0 Å². The first kappa shape index (κ1) is 14.5. The van der Waals surface area contributed by atoms with E-state index in [0.717, 1.165) is 12.8 Å². The highest BCUT2D eigenvalue weighted by atomic mass is 32.1. The molecule has 0 aromatic carbocycles. The zero-order valence-corrected chi connectivity index (χ0v) is 10.2. The highest BCUT2D eigenvalue weighted by Crippen LogP contribution is 2.19. The molecule has 0 N–H and O–H groups in total. The third-order valence-corrected chi connectivity index (χ3v) is 2.95. The van der Waals surface area contributed by atoms with E-state index < -0.39 is 0 Å². The molecule has 0 rings (SSSR count). The van der Waals surface area contributed by atoms with Crippen LogP contribution in [-0.4, -0.2) is 35.2 Å². The van der Waals surface area contributed by atoms with Crippen molar-refractivity contribution in [1.82, 2.24) is 0 Å². The van der Waals surface area contributed by atoms with Crippen molar-refractivity contribution in [2.24, 2.45) is 9.98 Å². The second kappa shape index (κ2) is 8.74.